The minimum Gasteiger partial charge on any atom is -0.393 e. The molecule has 0 spiro atoms. The monoisotopic (exact) mass is 273 g/mol. The van der Waals surface area contributed by atoms with Crippen molar-refractivity contribution >= 4 is 16.8 Å². The Morgan fingerprint density at radius 3 is 2.85 bits per heavy atom. The van der Waals surface area contributed by atoms with Gasteiger partial charge in [-0.25, -0.2) is 0 Å². The van der Waals surface area contributed by atoms with Crippen LogP contribution in [0.15, 0.2) is 18.2 Å². The van der Waals surface area contributed by atoms with Crippen molar-refractivity contribution in [2.24, 2.45) is 0 Å². The summed E-state index contributed by atoms with van der Waals surface area (Å²) in [5.41, 5.74) is 2.43. The molecule has 1 fully saturated rings. The third-order valence-corrected chi connectivity index (χ3v) is 3.97. The van der Waals surface area contributed by atoms with Gasteiger partial charge in [0.15, 0.2) is 5.69 Å². The van der Waals surface area contributed by atoms with E-state index in [-0.39, 0.29) is 18.1 Å². The highest BCUT2D eigenvalue weighted by Crippen LogP contribution is 2.20. The van der Waals surface area contributed by atoms with Gasteiger partial charge in [-0.1, -0.05) is 11.6 Å². The Kier molecular flexibility index (Phi) is 3.44. The van der Waals surface area contributed by atoms with Crippen LogP contribution in [-0.4, -0.2) is 33.4 Å². The molecule has 1 saturated carbocycles. The molecule has 0 radical (unpaired) electrons. The average molecular weight is 273 g/mol. The Labute approximate surface area is 117 Å². The Morgan fingerprint density at radius 1 is 1.35 bits per heavy atom. The summed E-state index contributed by atoms with van der Waals surface area (Å²) in [6.45, 7) is 2.00. The first kappa shape index (κ1) is 13.1. The van der Waals surface area contributed by atoms with Crippen LogP contribution in [0.1, 0.15) is 41.7 Å². The maximum Gasteiger partial charge on any atom is 0.272 e. The highest BCUT2D eigenvalue weighted by molar-refractivity contribution is 6.04. The molecule has 0 atom stereocenters. The summed E-state index contributed by atoms with van der Waals surface area (Å²) in [5.74, 6) is -0.136. The molecule has 0 aliphatic heterocycles. The molecule has 0 bridgehead atoms. The molecule has 3 N–H and O–H groups in total. The van der Waals surface area contributed by atoms with E-state index in [1.54, 1.807) is 0 Å². The summed E-state index contributed by atoms with van der Waals surface area (Å²) >= 11 is 0. The van der Waals surface area contributed by atoms with Gasteiger partial charge in [0, 0.05) is 11.4 Å². The summed E-state index contributed by atoms with van der Waals surface area (Å²) in [6, 6.07) is 6.04. The summed E-state index contributed by atoms with van der Waals surface area (Å²) < 4.78 is 0. The summed E-state index contributed by atoms with van der Waals surface area (Å²) in [7, 11) is 0. The van der Waals surface area contributed by atoms with E-state index < -0.39 is 0 Å². The molecule has 1 aliphatic rings. The van der Waals surface area contributed by atoms with E-state index in [9.17, 15) is 9.90 Å². The number of benzene rings is 1. The van der Waals surface area contributed by atoms with Crippen LogP contribution in [0.25, 0.3) is 10.9 Å². The minimum absolute atomic E-state index is 0.136. The van der Waals surface area contributed by atoms with E-state index in [1.807, 2.05) is 25.1 Å². The second-order valence-corrected chi connectivity index (χ2v) is 5.60. The Morgan fingerprint density at radius 2 is 2.10 bits per heavy atom. The van der Waals surface area contributed by atoms with Crippen LogP contribution < -0.4 is 5.32 Å². The largest absolute Gasteiger partial charge is 0.393 e. The fraction of sp³-hybridized carbons (Fsp3) is 0.467. The zero-order chi connectivity index (χ0) is 14.1. The van der Waals surface area contributed by atoms with Crippen molar-refractivity contribution in [3.8, 4) is 0 Å². The molecular formula is C15H19N3O2. The summed E-state index contributed by atoms with van der Waals surface area (Å²) in [5, 5.41) is 20.4. The fourth-order valence-corrected chi connectivity index (χ4v) is 2.77. The number of aryl methyl sites for hydroxylation is 1. The molecule has 3 rings (SSSR count). The van der Waals surface area contributed by atoms with Crippen molar-refractivity contribution in [2.75, 3.05) is 0 Å². The third kappa shape index (κ3) is 2.54. The fourth-order valence-electron chi connectivity index (χ4n) is 2.77. The van der Waals surface area contributed by atoms with Crippen LogP contribution in [0.5, 0.6) is 0 Å². The maximum absolute atomic E-state index is 12.3. The highest BCUT2D eigenvalue weighted by atomic mass is 16.3. The molecule has 20 heavy (non-hydrogen) atoms. The smallest absolute Gasteiger partial charge is 0.272 e. The summed E-state index contributed by atoms with van der Waals surface area (Å²) in [6.07, 6.45) is 2.95. The molecule has 106 valence electrons. The van der Waals surface area contributed by atoms with Gasteiger partial charge in [-0.2, -0.15) is 5.10 Å². The van der Waals surface area contributed by atoms with Crippen molar-refractivity contribution in [1.82, 2.24) is 15.5 Å². The van der Waals surface area contributed by atoms with Crippen molar-refractivity contribution in [1.29, 1.82) is 0 Å². The van der Waals surface area contributed by atoms with Gasteiger partial charge in [0.1, 0.15) is 0 Å². The predicted octanol–water partition coefficient (Wildman–Crippen LogP) is 1.90. The molecule has 0 saturated heterocycles. The zero-order valence-corrected chi connectivity index (χ0v) is 11.5. The van der Waals surface area contributed by atoms with E-state index in [1.165, 1.54) is 0 Å². The van der Waals surface area contributed by atoms with Gasteiger partial charge in [-0.05, 0) is 44.7 Å². The van der Waals surface area contributed by atoms with E-state index in [4.69, 9.17) is 0 Å². The Hall–Kier alpha value is -1.88. The predicted molar refractivity (Wildman–Crippen MR) is 76.6 cm³/mol. The van der Waals surface area contributed by atoms with E-state index in [0.717, 1.165) is 42.1 Å². The van der Waals surface area contributed by atoms with Gasteiger partial charge in [0.25, 0.3) is 5.91 Å². The molecule has 2 aromatic rings. The van der Waals surface area contributed by atoms with Crippen LogP contribution in [0.4, 0.5) is 0 Å². The van der Waals surface area contributed by atoms with Crippen molar-refractivity contribution in [3.63, 3.8) is 0 Å². The lowest BCUT2D eigenvalue weighted by atomic mass is 9.93. The topological polar surface area (TPSA) is 78.0 Å². The number of rotatable bonds is 2. The quantitative estimate of drug-likeness (QED) is 0.782. The number of aromatic amines is 1. The molecule has 5 nitrogen and oxygen atoms in total. The van der Waals surface area contributed by atoms with Crippen LogP contribution in [0, 0.1) is 6.92 Å². The van der Waals surface area contributed by atoms with E-state index in [0.29, 0.717) is 5.69 Å². The number of carbonyl (C=O) groups is 1. The number of nitrogens with zero attached hydrogens (tertiary/aromatic N) is 1. The number of hydrogen-bond donors (Lipinski definition) is 3. The lowest BCUT2D eigenvalue weighted by molar-refractivity contribution is 0.0864. The van der Waals surface area contributed by atoms with Crippen molar-refractivity contribution in [2.45, 2.75) is 44.8 Å². The van der Waals surface area contributed by atoms with Crippen LogP contribution >= 0.6 is 0 Å². The van der Waals surface area contributed by atoms with Crippen molar-refractivity contribution in [3.05, 3.63) is 29.5 Å². The van der Waals surface area contributed by atoms with Gasteiger partial charge >= 0.3 is 0 Å². The zero-order valence-electron chi connectivity index (χ0n) is 11.5. The number of H-pyrrole nitrogens is 1. The van der Waals surface area contributed by atoms with E-state index in [2.05, 4.69) is 15.5 Å². The molecule has 0 unspecified atom stereocenters. The van der Waals surface area contributed by atoms with Crippen LogP contribution in [0.2, 0.25) is 0 Å². The SMILES string of the molecule is Cc1ccc2[nH]nc(C(=O)NC3CCC(O)CC3)c2c1. The van der Waals surface area contributed by atoms with Crippen LogP contribution in [-0.2, 0) is 0 Å². The normalized spacial score (nSPS) is 22.9. The molecule has 1 aromatic carbocycles. The molecular weight excluding hydrogens is 254 g/mol. The van der Waals surface area contributed by atoms with Crippen LogP contribution in [0.3, 0.4) is 0 Å². The number of aliphatic hydroxyl groups excluding tert-OH is 1. The first-order chi connectivity index (χ1) is 9.63. The van der Waals surface area contributed by atoms with E-state index >= 15 is 0 Å². The van der Waals surface area contributed by atoms with Gasteiger partial charge in [0.2, 0.25) is 0 Å². The number of fused-ring (bicyclic) bond motifs is 1. The first-order valence-corrected chi connectivity index (χ1v) is 7.07. The minimum atomic E-state index is -0.211. The lowest BCUT2D eigenvalue weighted by Crippen LogP contribution is -2.38. The molecule has 5 heteroatoms. The second-order valence-electron chi connectivity index (χ2n) is 5.60. The number of hydrogen-bond acceptors (Lipinski definition) is 3. The molecule has 1 amide bonds. The first-order valence-electron chi connectivity index (χ1n) is 7.07. The second kappa shape index (κ2) is 5.25. The number of amides is 1. The lowest BCUT2D eigenvalue weighted by Gasteiger charge is -2.25. The summed E-state index contributed by atoms with van der Waals surface area (Å²) in [4.78, 5) is 12.3. The van der Waals surface area contributed by atoms with Gasteiger partial charge < -0.3 is 10.4 Å². The Bertz CT molecular complexity index is 627. The number of nitrogens with one attached hydrogen (secondary N) is 2. The Balaban J connectivity index is 1.77. The van der Waals surface area contributed by atoms with Gasteiger partial charge in [0.05, 0.1) is 11.6 Å². The van der Waals surface area contributed by atoms with Gasteiger partial charge in [-0.15, -0.1) is 0 Å². The van der Waals surface area contributed by atoms with Gasteiger partial charge in [-0.3, -0.25) is 9.89 Å². The number of aliphatic hydroxyl groups is 1. The number of carbonyl (C=O) groups excluding carboxylic acids is 1. The maximum atomic E-state index is 12.3. The highest BCUT2D eigenvalue weighted by Gasteiger charge is 2.23. The molecule has 1 aliphatic carbocycles. The average Bonchev–Trinajstić information content (AvgIpc) is 2.84. The standard InChI is InChI=1S/C15H19N3O2/c1-9-2-7-13-12(8-9)14(18-17-13)15(20)16-10-3-5-11(19)6-4-10/h2,7-8,10-11,19H,3-6H2,1H3,(H,16,20)(H,17,18). The van der Waals surface area contributed by atoms with Crippen molar-refractivity contribution < 1.29 is 9.90 Å². The molecule has 1 heterocycles. The molecule has 1 aromatic heterocycles. The number of aromatic nitrogens is 2. The third-order valence-electron chi connectivity index (χ3n) is 3.97.